The molecule has 0 atom stereocenters. The molecule has 0 bridgehead atoms. The molecule has 0 fully saturated rings. The Kier molecular flexibility index (Phi) is 6.15. The van der Waals surface area contributed by atoms with Crippen molar-refractivity contribution in [1.82, 2.24) is 9.99 Å². The predicted octanol–water partition coefficient (Wildman–Crippen LogP) is 4.98. The van der Waals surface area contributed by atoms with Crippen molar-refractivity contribution in [1.29, 1.82) is 0 Å². The lowest BCUT2D eigenvalue weighted by Gasteiger charge is -2.05. The normalized spacial score (nSPS) is 11.3. The number of aromatic hydroxyl groups is 1. The lowest BCUT2D eigenvalue weighted by Crippen LogP contribution is -2.17. The standard InChI is InChI=1S/C22H15Br2N3O5/c23-13-7-16(20(28)17(24)8-13)21(29)26-25-9-12-10-27(18-4-2-1-3-15(12)18)11-14-5-6-19(32-14)22(30)31/h1-10,28H,11H2,(H,26,29)(H,30,31)/b25-9-. The first-order chi connectivity index (χ1) is 15.3. The first kappa shape index (κ1) is 21.8. The summed E-state index contributed by atoms with van der Waals surface area (Å²) in [6.45, 7) is 0.327. The first-order valence-electron chi connectivity index (χ1n) is 9.25. The average Bonchev–Trinajstić information content (AvgIpc) is 3.36. The number of rotatable bonds is 6. The van der Waals surface area contributed by atoms with Crippen LogP contribution in [-0.2, 0) is 6.54 Å². The molecule has 3 N–H and O–H groups in total. The maximum absolute atomic E-state index is 12.4. The van der Waals surface area contributed by atoms with Crippen molar-refractivity contribution in [3.63, 3.8) is 0 Å². The number of amides is 1. The third-order valence-corrected chi connectivity index (χ3v) is 5.72. The van der Waals surface area contributed by atoms with Gasteiger partial charge in [-0.2, -0.15) is 5.10 Å². The zero-order chi connectivity index (χ0) is 22.8. The van der Waals surface area contributed by atoms with E-state index in [9.17, 15) is 14.7 Å². The fraction of sp³-hybridized carbons (Fsp3) is 0.0455. The smallest absolute Gasteiger partial charge is 0.371 e. The number of para-hydroxylation sites is 1. The third-order valence-electron chi connectivity index (χ3n) is 4.66. The van der Waals surface area contributed by atoms with Crippen LogP contribution in [0.3, 0.4) is 0 Å². The van der Waals surface area contributed by atoms with E-state index in [2.05, 4.69) is 42.4 Å². The van der Waals surface area contributed by atoms with E-state index in [4.69, 9.17) is 9.52 Å². The molecule has 0 saturated carbocycles. The molecule has 0 unspecified atom stereocenters. The van der Waals surface area contributed by atoms with Crippen molar-refractivity contribution in [3.05, 3.63) is 86.3 Å². The number of carbonyl (C=O) groups excluding carboxylic acids is 1. The third kappa shape index (κ3) is 4.46. The van der Waals surface area contributed by atoms with Gasteiger partial charge in [0.2, 0.25) is 5.76 Å². The lowest BCUT2D eigenvalue weighted by molar-refractivity contribution is 0.0660. The molecule has 0 radical (unpaired) electrons. The fourth-order valence-electron chi connectivity index (χ4n) is 3.21. The summed E-state index contributed by atoms with van der Waals surface area (Å²) in [4.78, 5) is 23.5. The Balaban J connectivity index is 1.57. The molecule has 0 spiro atoms. The Bertz CT molecular complexity index is 1370. The summed E-state index contributed by atoms with van der Waals surface area (Å²) in [6, 6.07) is 13.8. The SMILES string of the molecule is O=C(O)c1ccc(Cn2cc(/C=N\NC(=O)c3cc(Br)cc(Br)c3O)c3ccccc32)o1. The van der Waals surface area contributed by atoms with Crippen molar-refractivity contribution >= 4 is 60.9 Å². The Labute approximate surface area is 198 Å². The number of aromatic nitrogens is 1. The van der Waals surface area contributed by atoms with Gasteiger partial charge < -0.3 is 19.2 Å². The van der Waals surface area contributed by atoms with Gasteiger partial charge in [-0.25, -0.2) is 10.2 Å². The maximum atomic E-state index is 12.4. The van der Waals surface area contributed by atoms with Crippen LogP contribution in [0, 0.1) is 0 Å². The lowest BCUT2D eigenvalue weighted by atomic mass is 10.2. The largest absolute Gasteiger partial charge is 0.506 e. The predicted molar refractivity (Wildman–Crippen MR) is 125 cm³/mol. The number of benzene rings is 2. The molecule has 2 aromatic heterocycles. The van der Waals surface area contributed by atoms with Gasteiger partial charge in [-0.05, 0) is 46.3 Å². The fourth-order valence-corrected chi connectivity index (χ4v) is 4.44. The van der Waals surface area contributed by atoms with Crippen LogP contribution in [0.5, 0.6) is 5.75 Å². The molecule has 10 heteroatoms. The topological polar surface area (TPSA) is 117 Å². The molecule has 4 aromatic rings. The van der Waals surface area contributed by atoms with Gasteiger partial charge in [0, 0.05) is 27.1 Å². The number of furan rings is 1. The molecule has 4 rings (SSSR count). The van der Waals surface area contributed by atoms with E-state index in [1.165, 1.54) is 18.3 Å². The minimum Gasteiger partial charge on any atom is -0.506 e. The van der Waals surface area contributed by atoms with Crippen LogP contribution in [0.25, 0.3) is 10.9 Å². The molecule has 8 nitrogen and oxygen atoms in total. The highest BCUT2D eigenvalue weighted by Crippen LogP contribution is 2.31. The van der Waals surface area contributed by atoms with E-state index >= 15 is 0 Å². The highest BCUT2D eigenvalue weighted by molar-refractivity contribution is 9.11. The molecule has 2 heterocycles. The van der Waals surface area contributed by atoms with Gasteiger partial charge in [0.1, 0.15) is 11.5 Å². The van der Waals surface area contributed by atoms with E-state index in [1.807, 2.05) is 35.0 Å². The minimum atomic E-state index is -1.12. The summed E-state index contributed by atoms with van der Waals surface area (Å²) < 4.78 is 8.27. The van der Waals surface area contributed by atoms with Crippen LogP contribution in [0.2, 0.25) is 0 Å². The summed E-state index contributed by atoms with van der Waals surface area (Å²) in [5.41, 5.74) is 4.12. The zero-order valence-electron chi connectivity index (χ0n) is 16.3. The van der Waals surface area contributed by atoms with E-state index in [-0.39, 0.29) is 17.1 Å². The van der Waals surface area contributed by atoms with Gasteiger partial charge in [-0.1, -0.05) is 34.1 Å². The van der Waals surface area contributed by atoms with Gasteiger partial charge in [0.25, 0.3) is 5.91 Å². The number of carbonyl (C=O) groups is 2. The first-order valence-corrected chi connectivity index (χ1v) is 10.8. The van der Waals surface area contributed by atoms with E-state index in [0.717, 1.165) is 16.5 Å². The van der Waals surface area contributed by atoms with Crippen molar-refractivity contribution in [3.8, 4) is 5.75 Å². The second-order valence-corrected chi connectivity index (χ2v) is 8.55. The number of carboxylic acid groups (broad SMARTS) is 1. The molecule has 32 heavy (non-hydrogen) atoms. The number of phenolic OH excluding ortho intramolecular Hbond substituents is 1. The van der Waals surface area contributed by atoms with Crippen LogP contribution in [0.1, 0.15) is 32.2 Å². The quantitative estimate of drug-likeness (QED) is 0.227. The number of carboxylic acids is 1. The summed E-state index contributed by atoms with van der Waals surface area (Å²) >= 11 is 6.48. The van der Waals surface area contributed by atoms with Gasteiger partial charge in [0.05, 0.1) is 22.8 Å². The summed E-state index contributed by atoms with van der Waals surface area (Å²) in [5.74, 6) is -1.50. The zero-order valence-corrected chi connectivity index (χ0v) is 19.4. The maximum Gasteiger partial charge on any atom is 0.371 e. The van der Waals surface area contributed by atoms with Crippen LogP contribution in [-0.4, -0.2) is 32.9 Å². The molecule has 0 aliphatic heterocycles. The highest BCUT2D eigenvalue weighted by atomic mass is 79.9. The molecule has 0 saturated heterocycles. The van der Waals surface area contributed by atoms with Crippen LogP contribution >= 0.6 is 31.9 Å². The summed E-state index contributed by atoms with van der Waals surface area (Å²) in [6.07, 6.45) is 3.34. The van der Waals surface area contributed by atoms with Crippen LogP contribution in [0.4, 0.5) is 0 Å². The molecular formula is C22H15Br2N3O5. The Hall–Kier alpha value is -3.37. The number of halogens is 2. The van der Waals surface area contributed by atoms with E-state index < -0.39 is 11.9 Å². The number of fused-ring (bicyclic) bond motifs is 1. The van der Waals surface area contributed by atoms with Gasteiger partial charge >= 0.3 is 5.97 Å². The number of hydrogen-bond acceptors (Lipinski definition) is 5. The van der Waals surface area contributed by atoms with Gasteiger partial charge in [-0.3, -0.25) is 4.79 Å². The monoisotopic (exact) mass is 559 g/mol. The molecule has 1 amide bonds. The molecule has 0 aliphatic rings. The Morgan fingerprint density at radius 1 is 1.16 bits per heavy atom. The van der Waals surface area contributed by atoms with Crippen molar-refractivity contribution in [2.75, 3.05) is 0 Å². The van der Waals surface area contributed by atoms with E-state index in [0.29, 0.717) is 21.3 Å². The number of aromatic carboxylic acids is 1. The van der Waals surface area contributed by atoms with Gasteiger partial charge in [0.15, 0.2) is 0 Å². The molecule has 2 aromatic carbocycles. The Morgan fingerprint density at radius 2 is 1.94 bits per heavy atom. The summed E-state index contributed by atoms with van der Waals surface area (Å²) in [5, 5.41) is 24.1. The molecular weight excluding hydrogens is 546 g/mol. The number of hydrogen-bond donors (Lipinski definition) is 3. The van der Waals surface area contributed by atoms with Crippen molar-refractivity contribution in [2.24, 2.45) is 5.10 Å². The second-order valence-electron chi connectivity index (χ2n) is 6.78. The summed E-state index contributed by atoms with van der Waals surface area (Å²) in [7, 11) is 0. The molecule has 0 aliphatic carbocycles. The minimum absolute atomic E-state index is 0.0675. The number of hydrazone groups is 1. The van der Waals surface area contributed by atoms with Crippen molar-refractivity contribution in [2.45, 2.75) is 6.54 Å². The van der Waals surface area contributed by atoms with Crippen molar-refractivity contribution < 1.29 is 24.2 Å². The van der Waals surface area contributed by atoms with Crippen LogP contribution < -0.4 is 5.43 Å². The number of nitrogens with zero attached hydrogens (tertiary/aromatic N) is 2. The second kappa shape index (κ2) is 9.01. The van der Waals surface area contributed by atoms with Gasteiger partial charge in [-0.15, -0.1) is 0 Å². The highest BCUT2D eigenvalue weighted by Gasteiger charge is 2.15. The molecule has 162 valence electrons. The van der Waals surface area contributed by atoms with Crippen LogP contribution in [0.15, 0.2) is 73.2 Å². The average molecular weight is 561 g/mol. The van der Waals surface area contributed by atoms with E-state index in [1.54, 1.807) is 12.1 Å². The number of phenols is 1. The number of nitrogens with one attached hydrogen (secondary N) is 1. The Morgan fingerprint density at radius 3 is 2.69 bits per heavy atom.